The van der Waals surface area contributed by atoms with Crippen molar-refractivity contribution >= 4 is 37.4 Å². The first kappa shape index (κ1) is 17.9. The van der Waals surface area contributed by atoms with Crippen LogP contribution in [0.5, 0.6) is 0 Å². The van der Waals surface area contributed by atoms with E-state index in [2.05, 4.69) is 15.9 Å². The van der Waals surface area contributed by atoms with E-state index in [9.17, 15) is 18.5 Å². The van der Waals surface area contributed by atoms with Gasteiger partial charge >= 0.3 is 0 Å². The van der Waals surface area contributed by atoms with Crippen LogP contribution in [0.15, 0.2) is 53.4 Å². The Kier molecular flexibility index (Phi) is 5.44. The molecule has 8 heteroatoms. The molecular weight excluding hydrogens is 406 g/mol. The average Bonchev–Trinajstić information content (AvgIpc) is 2.49. The minimum atomic E-state index is -3.98. The van der Waals surface area contributed by atoms with Gasteiger partial charge in [0.15, 0.2) is 15.1 Å². The number of hydrogen-bond acceptors (Lipinski definition) is 4. The van der Waals surface area contributed by atoms with Gasteiger partial charge in [0.2, 0.25) is 0 Å². The molecule has 122 valence electrons. The maximum absolute atomic E-state index is 12.9. The number of halogens is 2. The van der Waals surface area contributed by atoms with Gasteiger partial charge in [-0.25, -0.2) is 8.42 Å². The molecule has 23 heavy (non-hydrogen) atoms. The van der Waals surface area contributed by atoms with Gasteiger partial charge in [-0.05, 0) is 52.7 Å². The van der Waals surface area contributed by atoms with Crippen molar-refractivity contribution in [2.24, 2.45) is 0 Å². The third-order valence-corrected chi connectivity index (χ3v) is 6.93. The Bertz CT molecular complexity index is 806. The Labute approximate surface area is 147 Å². The van der Waals surface area contributed by atoms with Crippen LogP contribution in [-0.2, 0) is 9.84 Å². The number of hydrogen-bond donors (Lipinski definition) is 0. The quantitative estimate of drug-likeness (QED) is 0.316. The van der Waals surface area contributed by atoms with E-state index in [0.717, 1.165) is 5.56 Å². The highest BCUT2D eigenvalue weighted by Gasteiger charge is 2.41. The molecule has 5 nitrogen and oxygen atoms in total. The number of nitrogens with zero attached hydrogens (tertiary/aromatic N) is 1. The minimum absolute atomic E-state index is 0.0150. The van der Waals surface area contributed by atoms with Crippen LogP contribution in [0.25, 0.3) is 0 Å². The van der Waals surface area contributed by atoms with Crippen LogP contribution in [0.4, 0.5) is 0 Å². The van der Waals surface area contributed by atoms with Crippen molar-refractivity contribution in [1.29, 1.82) is 0 Å². The molecule has 2 aromatic rings. The van der Waals surface area contributed by atoms with Gasteiger partial charge in [0.05, 0.1) is 4.90 Å². The molecular formula is C15H13BrClNO4S. The summed E-state index contributed by atoms with van der Waals surface area (Å²) in [5, 5.41) is 10.2. The summed E-state index contributed by atoms with van der Waals surface area (Å²) in [5.41, 5.74) is 1.28. The Morgan fingerprint density at radius 3 is 2.09 bits per heavy atom. The van der Waals surface area contributed by atoms with E-state index in [-0.39, 0.29) is 4.90 Å². The molecule has 0 radical (unpaired) electrons. The van der Waals surface area contributed by atoms with Crippen LogP contribution in [0.3, 0.4) is 0 Å². The summed E-state index contributed by atoms with van der Waals surface area (Å²) in [6, 6.07) is 12.2. The second-order valence-corrected chi connectivity index (χ2v) is 8.43. The first-order valence-corrected chi connectivity index (χ1v) is 9.41. The van der Waals surface area contributed by atoms with Crippen LogP contribution in [0.1, 0.15) is 16.4 Å². The molecule has 0 saturated heterocycles. The lowest BCUT2D eigenvalue weighted by molar-refractivity contribution is -0.493. The van der Waals surface area contributed by atoms with E-state index in [4.69, 9.17) is 11.6 Å². The van der Waals surface area contributed by atoms with Crippen LogP contribution in [0, 0.1) is 17.0 Å². The van der Waals surface area contributed by atoms with E-state index in [1.807, 2.05) is 6.92 Å². The summed E-state index contributed by atoms with van der Waals surface area (Å²) in [5.74, 6) is 0. The Hall–Kier alpha value is -1.44. The Morgan fingerprint density at radius 2 is 1.61 bits per heavy atom. The van der Waals surface area contributed by atoms with Crippen LogP contribution in [0.2, 0.25) is 5.02 Å². The zero-order valence-corrected chi connectivity index (χ0v) is 15.2. The molecule has 0 N–H and O–H groups in total. The Balaban J connectivity index is 2.58. The number of alkyl halides is 1. The number of sulfone groups is 1. The van der Waals surface area contributed by atoms with Crippen molar-refractivity contribution in [2.45, 2.75) is 22.0 Å². The molecule has 0 fully saturated rings. The smallest absolute Gasteiger partial charge is 0.263 e. The molecule has 2 atom stereocenters. The molecule has 0 bridgehead atoms. The number of aryl methyl sites for hydroxylation is 1. The summed E-state index contributed by atoms with van der Waals surface area (Å²) in [4.78, 5) is 9.05. The van der Waals surface area contributed by atoms with Crippen LogP contribution < -0.4 is 0 Å². The summed E-state index contributed by atoms with van der Waals surface area (Å²) in [7, 11) is -3.98. The molecule has 0 saturated carbocycles. The molecule has 0 aromatic heterocycles. The predicted octanol–water partition coefficient (Wildman–Crippen LogP) is 4.16. The fourth-order valence-corrected chi connectivity index (χ4v) is 5.13. The lowest BCUT2D eigenvalue weighted by Gasteiger charge is -2.18. The van der Waals surface area contributed by atoms with Crippen LogP contribution >= 0.6 is 27.5 Å². The summed E-state index contributed by atoms with van der Waals surface area (Å²) >= 11 is 8.68. The fourth-order valence-electron chi connectivity index (χ4n) is 2.12. The SMILES string of the molecule is Cc1ccc(C(C(Br)[N+](=O)[O-])S(=O)(=O)c2ccc(Cl)cc2)cc1. The number of rotatable bonds is 5. The van der Waals surface area contributed by atoms with Crippen molar-refractivity contribution < 1.29 is 13.3 Å². The Morgan fingerprint density at radius 1 is 1.09 bits per heavy atom. The molecule has 2 unspecified atom stereocenters. The number of benzene rings is 2. The molecule has 2 aromatic carbocycles. The van der Waals surface area contributed by atoms with Gasteiger partial charge in [0.1, 0.15) is 0 Å². The van der Waals surface area contributed by atoms with Gasteiger partial charge in [-0.15, -0.1) is 0 Å². The van der Waals surface area contributed by atoms with Crippen molar-refractivity contribution in [2.75, 3.05) is 0 Å². The largest absolute Gasteiger partial charge is 0.286 e. The molecule has 2 rings (SSSR count). The van der Waals surface area contributed by atoms with Crippen molar-refractivity contribution in [3.63, 3.8) is 0 Å². The van der Waals surface area contributed by atoms with Gasteiger partial charge in [-0.3, -0.25) is 10.1 Å². The van der Waals surface area contributed by atoms with E-state index < -0.39 is 25.0 Å². The van der Waals surface area contributed by atoms with Crippen molar-refractivity contribution in [3.8, 4) is 0 Å². The lowest BCUT2D eigenvalue weighted by atomic mass is 10.1. The maximum Gasteiger partial charge on any atom is 0.286 e. The third-order valence-electron chi connectivity index (χ3n) is 3.33. The second kappa shape index (κ2) is 6.98. The molecule has 0 aliphatic rings. The van der Waals surface area contributed by atoms with Gasteiger partial charge in [-0.2, -0.15) is 0 Å². The summed E-state index contributed by atoms with van der Waals surface area (Å²) in [6.07, 6.45) is 0. The molecule has 0 aliphatic carbocycles. The third kappa shape index (κ3) is 3.91. The van der Waals surface area contributed by atoms with Crippen LogP contribution in [-0.4, -0.2) is 18.3 Å². The minimum Gasteiger partial charge on any atom is -0.263 e. The summed E-state index contributed by atoms with van der Waals surface area (Å²) in [6.45, 7) is 1.85. The molecule has 0 spiro atoms. The maximum atomic E-state index is 12.9. The first-order chi connectivity index (χ1) is 10.7. The molecule has 0 heterocycles. The van der Waals surface area contributed by atoms with Gasteiger partial charge in [-0.1, -0.05) is 41.4 Å². The highest BCUT2D eigenvalue weighted by Crippen LogP contribution is 2.36. The van der Waals surface area contributed by atoms with E-state index in [0.29, 0.717) is 10.6 Å². The first-order valence-electron chi connectivity index (χ1n) is 6.57. The lowest BCUT2D eigenvalue weighted by Crippen LogP contribution is -2.28. The molecule has 0 amide bonds. The fraction of sp³-hybridized carbons (Fsp3) is 0.200. The average molecular weight is 419 g/mol. The highest BCUT2D eigenvalue weighted by molar-refractivity contribution is 9.09. The number of nitro groups is 1. The summed E-state index contributed by atoms with van der Waals surface area (Å²) < 4.78 is 25.8. The predicted molar refractivity (Wildman–Crippen MR) is 92.3 cm³/mol. The van der Waals surface area contributed by atoms with E-state index in [1.165, 1.54) is 24.3 Å². The second-order valence-electron chi connectivity index (χ2n) is 4.99. The van der Waals surface area contributed by atoms with Crippen molar-refractivity contribution in [3.05, 3.63) is 74.8 Å². The normalized spacial score (nSPS) is 14.2. The van der Waals surface area contributed by atoms with E-state index in [1.54, 1.807) is 24.3 Å². The highest BCUT2D eigenvalue weighted by atomic mass is 79.9. The van der Waals surface area contributed by atoms with Gasteiger partial charge in [0.25, 0.3) is 4.95 Å². The topological polar surface area (TPSA) is 77.3 Å². The van der Waals surface area contributed by atoms with Gasteiger partial charge in [0, 0.05) is 9.95 Å². The monoisotopic (exact) mass is 417 g/mol. The van der Waals surface area contributed by atoms with Gasteiger partial charge < -0.3 is 0 Å². The standard InChI is InChI=1S/C15H13BrClNO4S/c1-10-2-4-11(5-3-10)14(15(16)18(19)20)23(21,22)13-8-6-12(17)7-9-13/h2-9,14-15H,1H3. The van der Waals surface area contributed by atoms with Crippen molar-refractivity contribution in [1.82, 2.24) is 0 Å². The van der Waals surface area contributed by atoms with E-state index >= 15 is 0 Å². The zero-order valence-electron chi connectivity index (χ0n) is 12.0. The molecule has 0 aliphatic heterocycles. The zero-order chi connectivity index (χ0) is 17.2.